The van der Waals surface area contributed by atoms with E-state index in [1.54, 1.807) is 0 Å². The second-order valence-corrected chi connectivity index (χ2v) is 4.69. The third kappa shape index (κ3) is 5.92. The zero-order chi connectivity index (χ0) is 13.2. The Morgan fingerprint density at radius 2 is 2.06 bits per heavy atom. The van der Waals surface area contributed by atoms with Gasteiger partial charge in [-0.05, 0) is 18.1 Å². The van der Waals surface area contributed by atoms with Crippen LogP contribution in [-0.2, 0) is 6.54 Å². The van der Waals surface area contributed by atoms with Crippen molar-refractivity contribution >= 4 is 17.6 Å². The van der Waals surface area contributed by atoms with Crippen molar-refractivity contribution in [3.63, 3.8) is 0 Å². The Bertz CT molecular complexity index is 377. The van der Waals surface area contributed by atoms with Gasteiger partial charge in [0.05, 0.1) is 6.54 Å². The summed E-state index contributed by atoms with van der Waals surface area (Å²) in [5.41, 5.74) is 6.78. The first-order valence-corrected chi connectivity index (χ1v) is 6.89. The minimum atomic E-state index is 0.492. The van der Waals surface area contributed by atoms with E-state index in [9.17, 15) is 0 Å². The van der Waals surface area contributed by atoms with Gasteiger partial charge in [0, 0.05) is 11.6 Å². The van der Waals surface area contributed by atoms with Crippen LogP contribution in [0.4, 0.5) is 0 Å². The zero-order valence-electron chi connectivity index (χ0n) is 11.0. The molecule has 0 amide bonds. The van der Waals surface area contributed by atoms with E-state index in [4.69, 9.17) is 17.3 Å². The molecule has 1 aromatic rings. The molecule has 0 heterocycles. The molecule has 0 saturated heterocycles. The fourth-order valence-corrected chi connectivity index (χ4v) is 1.82. The molecule has 3 N–H and O–H groups in total. The highest BCUT2D eigenvalue weighted by atomic mass is 35.5. The van der Waals surface area contributed by atoms with Crippen molar-refractivity contribution < 1.29 is 0 Å². The minimum absolute atomic E-state index is 0.492. The lowest BCUT2D eigenvalue weighted by atomic mass is 10.2. The van der Waals surface area contributed by atoms with Crippen LogP contribution in [0.15, 0.2) is 29.3 Å². The average molecular weight is 268 g/mol. The lowest BCUT2D eigenvalue weighted by Gasteiger charge is -2.05. The van der Waals surface area contributed by atoms with Gasteiger partial charge in [0.2, 0.25) is 0 Å². The number of guanidine groups is 1. The van der Waals surface area contributed by atoms with Crippen molar-refractivity contribution in [3.05, 3.63) is 34.9 Å². The van der Waals surface area contributed by atoms with Gasteiger partial charge in [-0.15, -0.1) is 0 Å². The number of rotatable bonds is 7. The summed E-state index contributed by atoms with van der Waals surface area (Å²) in [6, 6.07) is 7.68. The molecule has 0 spiro atoms. The Morgan fingerprint density at radius 1 is 1.28 bits per heavy atom. The molecule has 0 bridgehead atoms. The lowest BCUT2D eigenvalue weighted by molar-refractivity contribution is 0.652. The maximum Gasteiger partial charge on any atom is 0.188 e. The smallest absolute Gasteiger partial charge is 0.188 e. The van der Waals surface area contributed by atoms with Gasteiger partial charge < -0.3 is 11.1 Å². The fourth-order valence-electron chi connectivity index (χ4n) is 1.62. The molecule has 0 radical (unpaired) electrons. The molecular formula is C14H22ClN3. The quantitative estimate of drug-likeness (QED) is 0.452. The van der Waals surface area contributed by atoms with Gasteiger partial charge in [0.25, 0.3) is 0 Å². The van der Waals surface area contributed by atoms with Crippen LogP contribution in [0.1, 0.15) is 38.2 Å². The molecule has 1 aromatic carbocycles. The predicted molar refractivity (Wildman–Crippen MR) is 78.9 cm³/mol. The van der Waals surface area contributed by atoms with Gasteiger partial charge in [-0.25, -0.2) is 4.99 Å². The summed E-state index contributed by atoms with van der Waals surface area (Å²) in [7, 11) is 0. The molecule has 0 aliphatic rings. The van der Waals surface area contributed by atoms with Gasteiger partial charge >= 0.3 is 0 Å². The van der Waals surface area contributed by atoms with Crippen molar-refractivity contribution in [1.82, 2.24) is 5.32 Å². The Balaban J connectivity index is 2.27. The van der Waals surface area contributed by atoms with Crippen LogP contribution >= 0.6 is 11.6 Å². The Labute approximate surface area is 114 Å². The van der Waals surface area contributed by atoms with Crippen LogP contribution in [0.2, 0.25) is 5.02 Å². The van der Waals surface area contributed by atoms with Gasteiger partial charge in [0.15, 0.2) is 5.96 Å². The van der Waals surface area contributed by atoms with E-state index in [1.807, 2.05) is 24.3 Å². The number of nitrogens with zero attached hydrogens (tertiary/aromatic N) is 1. The van der Waals surface area contributed by atoms with E-state index in [2.05, 4.69) is 17.2 Å². The number of nitrogens with two attached hydrogens (primary N) is 1. The first kappa shape index (κ1) is 14.8. The summed E-state index contributed by atoms with van der Waals surface area (Å²) in [6.07, 6.45) is 4.89. The van der Waals surface area contributed by atoms with E-state index in [0.717, 1.165) is 23.6 Å². The largest absolute Gasteiger partial charge is 0.370 e. The average Bonchev–Trinajstić information content (AvgIpc) is 2.37. The zero-order valence-corrected chi connectivity index (χ0v) is 11.7. The summed E-state index contributed by atoms with van der Waals surface area (Å²) >= 11 is 6.04. The van der Waals surface area contributed by atoms with Crippen molar-refractivity contribution in [2.45, 2.75) is 39.2 Å². The van der Waals surface area contributed by atoms with Crippen molar-refractivity contribution in [1.29, 1.82) is 0 Å². The van der Waals surface area contributed by atoms with E-state index in [0.29, 0.717) is 12.5 Å². The summed E-state index contributed by atoms with van der Waals surface area (Å²) < 4.78 is 0. The van der Waals surface area contributed by atoms with Crippen LogP contribution in [0.5, 0.6) is 0 Å². The molecule has 18 heavy (non-hydrogen) atoms. The third-order valence-electron chi connectivity index (χ3n) is 2.71. The Kier molecular flexibility index (Phi) is 7.26. The highest BCUT2D eigenvalue weighted by Gasteiger charge is 1.97. The molecular weight excluding hydrogens is 246 g/mol. The van der Waals surface area contributed by atoms with Crippen molar-refractivity contribution in [3.8, 4) is 0 Å². The van der Waals surface area contributed by atoms with E-state index >= 15 is 0 Å². The highest BCUT2D eigenvalue weighted by Crippen LogP contribution is 2.15. The third-order valence-corrected chi connectivity index (χ3v) is 3.08. The predicted octanol–water partition coefficient (Wildman–Crippen LogP) is 3.32. The molecule has 3 nitrogen and oxygen atoms in total. The lowest BCUT2D eigenvalue weighted by Crippen LogP contribution is -2.32. The number of halogens is 1. The summed E-state index contributed by atoms with van der Waals surface area (Å²) in [5, 5.41) is 3.85. The molecule has 0 aliphatic heterocycles. The molecule has 0 fully saturated rings. The van der Waals surface area contributed by atoms with Gasteiger partial charge in [0.1, 0.15) is 0 Å². The van der Waals surface area contributed by atoms with Crippen molar-refractivity contribution in [2.75, 3.05) is 6.54 Å². The number of hydrogen-bond acceptors (Lipinski definition) is 1. The monoisotopic (exact) mass is 267 g/mol. The number of nitrogens with one attached hydrogen (secondary N) is 1. The van der Waals surface area contributed by atoms with Gasteiger partial charge in [-0.3, -0.25) is 0 Å². The number of hydrogen-bond donors (Lipinski definition) is 2. The first-order chi connectivity index (χ1) is 8.74. The van der Waals surface area contributed by atoms with Crippen LogP contribution in [0.25, 0.3) is 0 Å². The van der Waals surface area contributed by atoms with E-state index in [1.165, 1.54) is 19.3 Å². The van der Waals surface area contributed by atoms with E-state index in [-0.39, 0.29) is 0 Å². The van der Waals surface area contributed by atoms with Crippen LogP contribution in [0.3, 0.4) is 0 Å². The maximum absolute atomic E-state index is 6.04. The molecule has 0 saturated carbocycles. The van der Waals surface area contributed by atoms with Crippen LogP contribution in [0, 0.1) is 0 Å². The molecule has 100 valence electrons. The molecule has 0 aromatic heterocycles. The fraction of sp³-hybridized carbons (Fsp3) is 0.500. The second-order valence-electron chi connectivity index (χ2n) is 4.28. The standard InChI is InChI=1S/C14H22ClN3/c1-2-3-4-7-10-17-14(16)18-11-12-8-5-6-9-13(12)15/h5-6,8-9H,2-4,7,10-11H2,1H3,(H3,16,17,18). The summed E-state index contributed by atoms with van der Waals surface area (Å²) in [5.74, 6) is 0.492. The number of benzene rings is 1. The second kappa shape index (κ2) is 8.81. The first-order valence-electron chi connectivity index (χ1n) is 6.51. The summed E-state index contributed by atoms with van der Waals surface area (Å²) in [4.78, 5) is 4.27. The Morgan fingerprint density at radius 3 is 2.78 bits per heavy atom. The molecule has 0 atom stereocenters. The minimum Gasteiger partial charge on any atom is -0.370 e. The molecule has 4 heteroatoms. The molecule has 0 aliphatic carbocycles. The number of aliphatic imine (C=N–C) groups is 1. The maximum atomic E-state index is 6.04. The number of unbranched alkanes of at least 4 members (excludes halogenated alkanes) is 3. The van der Waals surface area contributed by atoms with Gasteiger partial charge in [-0.1, -0.05) is 56.0 Å². The molecule has 0 unspecified atom stereocenters. The van der Waals surface area contributed by atoms with Crippen molar-refractivity contribution in [2.24, 2.45) is 10.7 Å². The molecule has 1 rings (SSSR count). The van der Waals surface area contributed by atoms with Crippen LogP contribution in [-0.4, -0.2) is 12.5 Å². The van der Waals surface area contributed by atoms with E-state index < -0.39 is 0 Å². The normalized spacial score (nSPS) is 11.6. The van der Waals surface area contributed by atoms with Crippen LogP contribution < -0.4 is 11.1 Å². The topological polar surface area (TPSA) is 50.4 Å². The highest BCUT2D eigenvalue weighted by molar-refractivity contribution is 6.31. The summed E-state index contributed by atoms with van der Waals surface area (Å²) in [6.45, 7) is 3.61. The SMILES string of the molecule is CCCCCCNC(N)=NCc1ccccc1Cl. The Hall–Kier alpha value is -1.22. The van der Waals surface area contributed by atoms with Gasteiger partial charge in [-0.2, -0.15) is 0 Å².